The van der Waals surface area contributed by atoms with Crippen LogP contribution in [-0.4, -0.2) is 63.5 Å². The van der Waals surface area contributed by atoms with Crippen LogP contribution in [0.15, 0.2) is 30.3 Å². The van der Waals surface area contributed by atoms with Gasteiger partial charge in [-0.1, -0.05) is 50.6 Å². The van der Waals surface area contributed by atoms with E-state index in [0.29, 0.717) is 26.1 Å². The lowest BCUT2D eigenvalue weighted by Crippen LogP contribution is -2.56. The zero-order chi connectivity index (χ0) is 25.0. The first kappa shape index (κ1) is 26.0. The van der Waals surface area contributed by atoms with Crippen LogP contribution in [0.4, 0.5) is 0 Å². The largest absolute Gasteiger partial charge is 0.396 e. The zero-order valence-corrected chi connectivity index (χ0v) is 21.7. The number of nitrogens with zero attached hydrogens (tertiary/aromatic N) is 1. The van der Waals surface area contributed by atoms with Crippen molar-refractivity contribution >= 4 is 29.5 Å². The summed E-state index contributed by atoms with van der Waals surface area (Å²) >= 11 is 1.72. The van der Waals surface area contributed by atoms with Gasteiger partial charge in [0.2, 0.25) is 17.7 Å². The normalized spacial score (nSPS) is 31.0. The molecule has 3 fully saturated rings. The lowest BCUT2D eigenvalue weighted by molar-refractivity contribution is -0.140. The molecule has 35 heavy (non-hydrogen) atoms. The summed E-state index contributed by atoms with van der Waals surface area (Å²) in [5.74, 6) is -0.926. The summed E-state index contributed by atoms with van der Waals surface area (Å²) in [4.78, 5) is 42.7. The molecule has 7 nitrogen and oxygen atoms in total. The minimum absolute atomic E-state index is 0.0500. The standard InChI is InChI=1S/C27H39N3O4S/c1-3-4-13-28-25(33)23-27-18(2)16-20(35-27)21(24(32)29-17-19-11-7-5-8-12-19)22(27)26(34)30(23)14-9-6-10-15-31/h5,7-8,11-12,18,20-23,31H,3-4,6,9-10,13-17H2,1-2H3,(H,28,33)(H,29,32)/t18?,20-,21+,22+,23?,27?/m1/s1. The summed E-state index contributed by atoms with van der Waals surface area (Å²) in [6.45, 7) is 5.87. The van der Waals surface area contributed by atoms with E-state index in [1.165, 1.54) is 0 Å². The number of likely N-dealkylation sites (tertiary alicyclic amines) is 1. The number of rotatable bonds is 12. The first-order chi connectivity index (χ1) is 17.0. The number of thioether (sulfide) groups is 1. The van der Waals surface area contributed by atoms with Gasteiger partial charge in [-0.05, 0) is 43.6 Å². The number of unbranched alkanes of at least 4 members (excludes halogenated alkanes) is 3. The summed E-state index contributed by atoms with van der Waals surface area (Å²) in [5, 5.41) is 15.4. The van der Waals surface area contributed by atoms with Crippen molar-refractivity contribution in [2.24, 2.45) is 17.8 Å². The Bertz CT molecular complexity index is 913. The van der Waals surface area contributed by atoms with Crippen molar-refractivity contribution in [3.63, 3.8) is 0 Å². The molecule has 3 aliphatic rings. The molecule has 3 unspecified atom stereocenters. The monoisotopic (exact) mass is 501 g/mol. The molecule has 0 aromatic heterocycles. The first-order valence-corrected chi connectivity index (χ1v) is 14.0. The van der Waals surface area contributed by atoms with Crippen LogP contribution in [0, 0.1) is 17.8 Å². The molecule has 192 valence electrons. The summed E-state index contributed by atoms with van der Waals surface area (Å²) in [6, 6.07) is 9.24. The minimum atomic E-state index is -0.566. The maximum atomic E-state index is 13.9. The number of aliphatic hydroxyl groups is 1. The molecule has 0 radical (unpaired) electrons. The Kier molecular flexibility index (Phi) is 8.42. The van der Waals surface area contributed by atoms with E-state index in [1.54, 1.807) is 16.7 Å². The third-order valence-electron chi connectivity index (χ3n) is 7.99. The Labute approximate surface area is 212 Å². The highest BCUT2D eigenvalue weighted by molar-refractivity contribution is 8.02. The molecule has 3 saturated heterocycles. The number of hydrogen-bond donors (Lipinski definition) is 3. The van der Waals surface area contributed by atoms with Crippen LogP contribution in [0.25, 0.3) is 0 Å². The highest BCUT2D eigenvalue weighted by atomic mass is 32.2. The topological polar surface area (TPSA) is 98.7 Å². The fraction of sp³-hybridized carbons (Fsp3) is 0.667. The highest BCUT2D eigenvalue weighted by Gasteiger charge is 2.75. The van der Waals surface area contributed by atoms with Gasteiger partial charge in [-0.3, -0.25) is 14.4 Å². The molecule has 3 heterocycles. The Morgan fingerprint density at radius 2 is 1.89 bits per heavy atom. The van der Waals surface area contributed by atoms with Gasteiger partial charge in [-0.15, -0.1) is 11.8 Å². The Morgan fingerprint density at radius 3 is 2.60 bits per heavy atom. The number of amides is 3. The number of fused-ring (bicyclic) bond motifs is 1. The van der Waals surface area contributed by atoms with E-state index >= 15 is 0 Å². The second kappa shape index (κ2) is 11.3. The van der Waals surface area contributed by atoms with Crippen LogP contribution in [0.1, 0.15) is 57.9 Å². The maximum absolute atomic E-state index is 13.9. The van der Waals surface area contributed by atoms with E-state index in [0.717, 1.165) is 37.7 Å². The van der Waals surface area contributed by atoms with E-state index in [9.17, 15) is 14.4 Å². The minimum Gasteiger partial charge on any atom is -0.396 e. The lowest BCUT2D eigenvalue weighted by Gasteiger charge is -2.38. The van der Waals surface area contributed by atoms with E-state index in [1.807, 2.05) is 30.3 Å². The number of benzene rings is 1. The maximum Gasteiger partial charge on any atom is 0.244 e. The Hall–Kier alpha value is -2.06. The molecule has 3 N–H and O–H groups in total. The van der Waals surface area contributed by atoms with Crippen LogP contribution in [0.2, 0.25) is 0 Å². The molecule has 0 aliphatic carbocycles. The van der Waals surface area contributed by atoms with Gasteiger partial charge in [0.05, 0.1) is 16.6 Å². The van der Waals surface area contributed by atoms with Gasteiger partial charge in [-0.2, -0.15) is 0 Å². The second-order valence-electron chi connectivity index (χ2n) is 10.2. The summed E-state index contributed by atoms with van der Waals surface area (Å²) < 4.78 is -0.566. The lowest BCUT2D eigenvalue weighted by atomic mass is 9.66. The number of hydrogen-bond acceptors (Lipinski definition) is 5. The van der Waals surface area contributed by atoms with Crippen molar-refractivity contribution in [2.75, 3.05) is 19.7 Å². The molecule has 3 amide bonds. The van der Waals surface area contributed by atoms with Gasteiger partial charge in [0.1, 0.15) is 6.04 Å². The first-order valence-electron chi connectivity index (χ1n) is 13.1. The van der Waals surface area contributed by atoms with E-state index < -0.39 is 22.6 Å². The van der Waals surface area contributed by atoms with Crippen molar-refractivity contribution in [2.45, 2.75) is 75.0 Å². The Balaban J connectivity index is 1.58. The predicted molar refractivity (Wildman–Crippen MR) is 138 cm³/mol. The van der Waals surface area contributed by atoms with Crippen molar-refractivity contribution in [3.05, 3.63) is 35.9 Å². The van der Waals surface area contributed by atoms with Gasteiger partial charge in [0, 0.05) is 31.5 Å². The quantitative estimate of drug-likeness (QED) is 0.383. The molecule has 1 aromatic carbocycles. The van der Waals surface area contributed by atoms with Crippen molar-refractivity contribution in [1.29, 1.82) is 0 Å². The van der Waals surface area contributed by atoms with Crippen molar-refractivity contribution in [1.82, 2.24) is 15.5 Å². The third-order valence-corrected chi connectivity index (χ3v) is 10.1. The van der Waals surface area contributed by atoms with Crippen LogP contribution < -0.4 is 10.6 Å². The van der Waals surface area contributed by atoms with Gasteiger partial charge in [-0.25, -0.2) is 0 Å². The molecule has 0 saturated carbocycles. The molecule has 1 spiro atoms. The fourth-order valence-electron chi connectivity index (χ4n) is 6.32. The number of aliphatic hydroxyl groups excluding tert-OH is 1. The summed E-state index contributed by atoms with van der Waals surface area (Å²) in [5.41, 5.74) is 1.02. The van der Waals surface area contributed by atoms with Crippen LogP contribution >= 0.6 is 11.8 Å². The van der Waals surface area contributed by atoms with E-state index in [2.05, 4.69) is 24.5 Å². The molecule has 2 bridgehead atoms. The smallest absolute Gasteiger partial charge is 0.244 e. The van der Waals surface area contributed by atoms with Crippen LogP contribution in [-0.2, 0) is 20.9 Å². The fourth-order valence-corrected chi connectivity index (χ4v) is 8.74. The molecule has 6 atom stereocenters. The molecule has 3 aliphatic heterocycles. The second-order valence-corrected chi connectivity index (χ2v) is 11.8. The van der Waals surface area contributed by atoms with Crippen molar-refractivity contribution in [3.8, 4) is 0 Å². The zero-order valence-electron chi connectivity index (χ0n) is 20.9. The van der Waals surface area contributed by atoms with E-state index in [-0.39, 0.29) is 35.5 Å². The van der Waals surface area contributed by atoms with Crippen LogP contribution in [0.3, 0.4) is 0 Å². The third kappa shape index (κ3) is 4.84. The predicted octanol–water partition coefficient (Wildman–Crippen LogP) is 2.72. The highest BCUT2D eigenvalue weighted by Crippen LogP contribution is 2.68. The van der Waals surface area contributed by atoms with Crippen molar-refractivity contribution < 1.29 is 19.5 Å². The van der Waals surface area contributed by atoms with E-state index in [4.69, 9.17) is 5.11 Å². The van der Waals surface area contributed by atoms with Gasteiger partial charge < -0.3 is 20.6 Å². The summed E-state index contributed by atoms with van der Waals surface area (Å²) in [6.07, 6.45) is 4.95. The Morgan fingerprint density at radius 1 is 1.11 bits per heavy atom. The average molecular weight is 502 g/mol. The molecule has 1 aromatic rings. The SMILES string of the molecule is CCCCNC(=O)C1N(CCCCCO)C(=O)[C@@H]2[C@@H](C(=O)NCc3ccccc3)[C@H]3CC(C)C12S3. The number of carbonyl (C=O) groups excluding carboxylic acids is 3. The molecule has 8 heteroatoms. The van der Waals surface area contributed by atoms with Gasteiger partial charge >= 0.3 is 0 Å². The average Bonchev–Trinajstić information content (AvgIpc) is 3.45. The molecular weight excluding hydrogens is 462 g/mol. The number of carbonyl (C=O) groups is 3. The summed E-state index contributed by atoms with van der Waals surface area (Å²) in [7, 11) is 0. The van der Waals surface area contributed by atoms with Gasteiger partial charge in [0.25, 0.3) is 0 Å². The molecular formula is C27H39N3O4S. The van der Waals surface area contributed by atoms with Crippen LogP contribution in [0.5, 0.6) is 0 Å². The van der Waals surface area contributed by atoms with Gasteiger partial charge in [0.15, 0.2) is 0 Å². The molecule has 4 rings (SSSR count). The number of nitrogens with one attached hydrogen (secondary N) is 2.